The zero-order valence-electron chi connectivity index (χ0n) is 17.5. The number of aryl methyl sites for hydroxylation is 2. The number of fused-ring (bicyclic) bond motifs is 1. The number of rotatable bonds is 5. The van der Waals surface area contributed by atoms with Crippen LogP contribution in [0.25, 0.3) is 16.7 Å². The summed E-state index contributed by atoms with van der Waals surface area (Å²) in [6, 6.07) is 13.9. The fraction of sp³-hybridized carbons (Fsp3) is 0.130. The number of benzene rings is 2. The molecule has 0 saturated carbocycles. The van der Waals surface area contributed by atoms with Gasteiger partial charge in [-0.3, -0.25) is 14.9 Å². The molecule has 0 saturated heterocycles. The number of amides is 1. The van der Waals surface area contributed by atoms with E-state index in [-0.39, 0.29) is 11.4 Å². The maximum absolute atomic E-state index is 12.4. The van der Waals surface area contributed by atoms with Crippen molar-refractivity contribution in [3.05, 3.63) is 91.4 Å². The molecule has 0 aliphatic heterocycles. The molecule has 4 aromatic rings. The Bertz CT molecular complexity index is 1400. The Kier molecular flexibility index (Phi) is 5.67. The Hall–Kier alpha value is -3.72. The SMILES string of the molecule is Cc1cc([N+](=O)[O-])ccc1-n1c(C)cc(/C=N\NC(=O)c2cc3cc(Br)ccc3o2)c1C. The molecule has 2 aromatic carbocycles. The van der Waals surface area contributed by atoms with Gasteiger partial charge in [-0.1, -0.05) is 15.9 Å². The van der Waals surface area contributed by atoms with Crippen LogP contribution >= 0.6 is 15.9 Å². The Labute approximate surface area is 191 Å². The third-order valence-electron chi connectivity index (χ3n) is 5.17. The Balaban J connectivity index is 1.55. The standard InChI is InChI=1S/C23H19BrN4O4/c1-13-8-19(28(30)31)5-6-20(13)27-14(2)9-17(15(27)3)12-25-26-23(29)22-11-16-10-18(24)4-7-21(16)32-22/h4-12H,1-3H3,(H,26,29)/b25-12-. The molecule has 9 heteroatoms. The number of nitro benzene ring substituents is 1. The minimum atomic E-state index is -0.450. The first-order valence-corrected chi connectivity index (χ1v) is 10.5. The van der Waals surface area contributed by atoms with Gasteiger partial charge in [0.2, 0.25) is 0 Å². The van der Waals surface area contributed by atoms with Gasteiger partial charge < -0.3 is 8.98 Å². The predicted molar refractivity (Wildman–Crippen MR) is 126 cm³/mol. The highest BCUT2D eigenvalue weighted by Gasteiger charge is 2.15. The molecule has 4 rings (SSSR count). The second kappa shape index (κ2) is 8.43. The van der Waals surface area contributed by atoms with Crippen molar-refractivity contribution < 1.29 is 14.1 Å². The van der Waals surface area contributed by atoms with Crippen molar-refractivity contribution in [1.82, 2.24) is 9.99 Å². The van der Waals surface area contributed by atoms with Gasteiger partial charge in [0, 0.05) is 44.6 Å². The summed E-state index contributed by atoms with van der Waals surface area (Å²) in [6.45, 7) is 5.70. The number of aromatic nitrogens is 1. The van der Waals surface area contributed by atoms with Crippen molar-refractivity contribution in [2.45, 2.75) is 20.8 Å². The number of furan rings is 1. The van der Waals surface area contributed by atoms with E-state index in [0.717, 1.165) is 38.1 Å². The van der Waals surface area contributed by atoms with Gasteiger partial charge in [-0.25, -0.2) is 5.43 Å². The van der Waals surface area contributed by atoms with E-state index in [1.165, 1.54) is 6.07 Å². The first-order valence-electron chi connectivity index (χ1n) is 9.71. The highest BCUT2D eigenvalue weighted by molar-refractivity contribution is 9.10. The summed E-state index contributed by atoms with van der Waals surface area (Å²) in [6.07, 6.45) is 1.57. The molecule has 0 aliphatic carbocycles. The maximum atomic E-state index is 12.4. The lowest BCUT2D eigenvalue weighted by molar-refractivity contribution is -0.384. The first kappa shape index (κ1) is 21.5. The number of carbonyl (C=O) groups is 1. The molecule has 2 heterocycles. The number of carbonyl (C=O) groups excluding carboxylic acids is 1. The van der Waals surface area contributed by atoms with Crippen molar-refractivity contribution in [2.75, 3.05) is 0 Å². The number of nitrogens with zero attached hydrogens (tertiary/aromatic N) is 3. The molecule has 0 aliphatic rings. The van der Waals surface area contributed by atoms with Crippen molar-refractivity contribution >= 4 is 44.7 Å². The monoisotopic (exact) mass is 494 g/mol. The normalized spacial score (nSPS) is 11.4. The van der Waals surface area contributed by atoms with E-state index in [2.05, 4.69) is 26.5 Å². The van der Waals surface area contributed by atoms with E-state index in [4.69, 9.17) is 4.42 Å². The lowest BCUT2D eigenvalue weighted by Crippen LogP contribution is -2.16. The van der Waals surface area contributed by atoms with E-state index < -0.39 is 10.8 Å². The number of hydrazone groups is 1. The molecule has 2 aromatic heterocycles. The van der Waals surface area contributed by atoms with E-state index in [1.54, 1.807) is 30.5 Å². The third kappa shape index (κ3) is 4.06. The van der Waals surface area contributed by atoms with Crippen LogP contribution in [0.1, 0.15) is 33.1 Å². The lowest BCUT2D eigenvalue weighted by Gasteiger charge is -2.12. The van der Waals surface area contributed by atoms with Crippen LogP contribution in [0.5, 0.6) is 0 Å². The summed E-state index contributed by atoms with van der Waals surface area (Å²) in [5.74, 6) is -0.282. The van der Waals surface area contributed by atoms with Crippen LogP contribution in [-0.4, -0.2) is 21.6 Å². The summed E-state index contributed by atoms with van der Waals surface area (Å²) in [5.41, 5.74) is 7.44. The number of hydrogen-bond donors (Lipinski definition) is 1. The third-order valence-corrected chi connectivity index (χ3v) is 5.67. The Morgan fingerprint density at radius 2 is 1.94 bits per heavy atom. The number of hydrogen-bond acceptors (Lipinski definition) is 5. The van der Waals surface area contributed by atoms with E-state index in [9.17, 15) is 14.9 Å². The van der Waals surface area contributed by atoms with Crippen molar-refractivity contribution in [2.24, 2.45) is 5.10 Å². The molecule has 0 unspecified atom stereocenters. The van der Waals surface area contributed by atoms with Crippen molar-refractivity contribution in [3.8, 4) is 5.69 Å². The summed E-state index contributed by atoms with van der Waals surface area (Å²) in [4.78, 5) is 23.0. The first-order chi connectivity index (χ1) is 15.2. The minimum absolute atomic E-state index is 0.0520. The van der Waals surface area contributed by atoms with E-state index >= 15 is 0 Å². The summed E-state index contributed by atoms with van der Waals surface area (Å²) in [7, 11) is 0. The van der Waals surface area contributed by atoms with Crippen LogP contribution in [0.15, 0.2) is 62.5 Å². The zero-order valence-corrected chi connectivity index (χ0v) is 19.1. The number of halogens is 1. The maximum Gasteiger partial charge on any atom is 0.307 e. The molecule has 0 fully saturated rings. The molecule has 162 valence electrons. The van der Waals surface area contributed by atoms with Gasteiger partial charge in [0.1, 0.15) is 5.58 Å². The molecule has 0 atom stereocenters. The van der Waals surface area contributed by atoms with Crippen LogP contribution in [-0.2, 0) is 0 Å². The topological polar surface area (TPSA) is 103 Å². The van der Waals surface area contributed by atoms with E-state index in [0.29, 0.717) is 5.58 Å². The van der Waals surface area contributed by atoms with Gasteiger partial charge in [0.25, 0.3) is 5.69 Å². The molecular weight excluding hydrogens is 476 g/mol. The van der Waals surface area contributed by atoms with Crippen LogP contribution < -0.4 is 5.43 Å². The van der Waals surface area contributed by atoms with Crippen molar-refractivity contribution in [3.63, 3.8) is 0 Å². The highest BCUT2D eigenvalue weighted by atomic mass is 79.9. The zero-order chi connectivity index (χ0) is 23.0. The van der Waals surface area contributed by atoms with Gasteiger partial charge in [0.05, 0.1) is 11.1 Å². The number of nitrogens with one attached hydrogen (secondary N) is 1. The van der Waals surface area contributed by atoms with Crippen molar-refractivity contribution in [1.29, 1.82) is 0 Å². The molecule has 0 radical (unpaired) electrons. The average molecular weight is 495 g/mol. The lowest BCUT2D eigenvalue weighted by atomic mass is 10.1. The molecule has 8 nitrogen and oxygen atoms in total. The molecule has 1 amide bonds. The largest absolute Gasteiger partial charge is 0.451 e. The van der Waals surface area contributed by atoms with Gasteiger partial charge in [-0.15, -0.1) is 0 Å². The summed E-state index contributed by atoms with van der Waals surface area (Å²) in [5, 5.41) is 15.9. The molecule has 0 bridgehead atoms. The predicted octanol–water partition coefficient (Wildman–Crippen LogP) is 5.58. The van der Waals surface area contributed by atoms with E-state index in [1.807, 2.05) is 43.5 Å². The average Bonchev–Trinajstić information content (AvgIpc) is 3.28. The fourth-order valence-corrected chi connectivity index (χ4v) is 4.01. The Morgan fingerprint density at radius 1 is 1.16 bits per heavy atom. The van der Waals surface area contributed by atoms with Gasteiger partial charge in [-0.2, -0.15) is 5.10 Å². The quantitative estimate of drug-likeness (QED) is 0.222. The second-order valence-corrected chi connectivity index (χ2v) is 8.30. The van der Waals surface area contributed by atoms with Crippen LogP contribution in [0.4, 0.5) is 5.69 Å². The molecule has 32 heavy (non-hydrogen) atoms. The van der Waals surface area contributed by atoms with Gasteiger partial charge in [-0.05, 0) is 62.7 Å². The fourth-order valence-electron chi connectivity index (χ4n) is 3.63. The Morgan fingerprint density at radius 3 is 2.66 bits per heavy atom. The molecule has 0 spiro atoms. The van der Waals surface area contributed by atoms with Crippen LogP contribution in [0.2, 0.25) is 0 Å². The van der Waals surface area contributed by atoms with Gasteiger partial charge in [0.15, 0.2) is 5.76 Å². The second-order valence-electron chi connectivity index (χ2n) is 7.38. The molecule has 1 N–H and O–H groups in total. The van der Waals surface area contributed by atoms with Crippen LogP contribution in [0, 0.1) is 30.9 Å². The highest BCUT2D eigenvalue weighted by Crippen LogP contribution is 2.26. The number of non-ortho nitro benzene ring substituents is 1. The number of nitro groups is 1. The molecular formula is C23H19BrN4O4. The summed E-state index contributed by atoms with van der Waals surface area (Å²) < 4.78 is 8.47. The minimum Gasteiger partial charge on any atom is -0.451 e. The summed E-state index contributed by atoms with van der Waals surface area (Å²) >= 11 is 3.39. The van der Waals surface area contributed by atoms with Gasteiger partial charge >= 0.3 is 5.91 Å². The van der Waals surface area contributed by atoms with Crippen LogP contribution in [0.3, 0.4) is 0 Å². The smallest absolute Gasteiger partial charge is 0.307 e.